The zero-order chi connectivity index (χ0) is 18.5. The van der Waals surface area contributed by atoms with Gasteiger partial charge < -0.3 is 14.2 Å². The quantitative estimate of drug-likeness (QED) is 0.645. The topological polar surface area (TPSA) is 82.2 Å². The van der Waals surface area contributed by atoms with Gasteiger partial charge in [0.1, 0.15) is 5.56 Å². The summed E-state index contributed by atoms with van der Waals surface area (Å²) in [4.78, 5) is 27.7. The van der Waals surface area contributed by atoms with Gasteiger partial charge in [0, 0.05) is 31.7 Å². The largest absolute Gasteiger partial charge is 0.368 e. The Morgan fingerprint density at radius 3 is 3.04 bits per heavy atom. The van der Waals surface area contributed by atoms with Crippen LogP contribution < -0.4 is 5.43 Å². The second kappa shape index (κ2) is 6.02. The van der Waals surface area contributed by atoms with Gasteiger partial charge in [-0.25, -0.2) is 4.68 Å². The Bertz CT molecular complexity index is 1100. The Hall–Kier alpha value is -3.00. The number of carbonyl (C=O) groups is 1. The number of amides is 1. The molecule has 1 amide bonds. The van der Waals surface area contributed by atoms with E-state index < -0.39 is 0 Å². The van der Waals surface area contributed by atoms with Gasteiger partial charge in [-0.2, -0.15) is 0 Å². The standard InChI is InChI=1S/C19H19N5O3/c1-22-9-14(18(25)13-4-2-3-5-15(13)22)19(26)23-7-6-16-17(10-23)27-11-12-8-20-21-24(12)16/h2-5,8-9,16-17H,6-7,10-11H2,1H3/t16-,17-/m0/s1. The van der Waals surface area contributed by atoms with Gasteiger partial charge in [-0.05, 0) is 18.6 Å². The third-order valence-electron chi connectivity index (χ3n) is 5.55. The second-order valence-corrected chi connectivity index (χ2v) is 7.13. The Kier molecular flexibility index (Phi) is 3.61. The molecule has 0 unspecified atom stereocenters. The van der Waals surface area contributed by atoms with Crippen molar-refractivity contribution in [1.82, 2.24) is 24.5 Å². The number of piperidine rings is 1. The number of nitrogens with zero attached hydrogens (tertiary/aromatic N) is 5. The van der Waals surface area contributed by atoms with Crippen LogP contribution in [-0.2, 0) is 18.4 Å². The minimum absolute atomic E-state index is 0.0831. The van der Waals surface area contributed by atoms with Crippen molar-refractivity contribution in [2.45, 2.75) is 25.2 Å². The first-order valence-corrected chi connectivity index (χ1v) is 9.02. The van der Waals surface area contributed by atoms with Crippen LogP contribution in [0.2, 0.25) is 0 Å². The normalized spacial score (nSPS) is 21.7. The van der Waals surface area contributed by atoms with Gasteiger partial charge in [0.05, 0.1) is 36.2 Å². The van der Waals surface area contributed by atoms with Crippen LogP contribution in [0.5, 0.6) is 0 Å². The fraction of sp³-hybridized carbons (Fsp3) is 0.368. The first-order valence-electron chi connectivity index (χ1n) is 9.02. The number of rotatable bonds is 1. The van der Waals surface area contributed by atoms with E-state index in [4.69, 9.17) is 4.74 Å². The van der Waals surface area contributed by atoms with Crippen molar-refractivity contribution in [3.63, 3.8) is 0 Å². The molecule has 0 bridgehead atoms. The molecular weight excluding hydrogens is 346 g/mol. The molecule has 3 aromatic rings. The van der Waals surface area contributed by atoms with Crippen LogP contribution in [0, 0.1) is 0 Å². The van der Waals surface area contributed by atoms with Crippen LogP contribution >= 0.6 is 0 Å². The summed E-state index contributed by atoms with van der Waals surface area (Å²) in [6.07, 6.45) is 3.94. The fourth-order valence-electron chi connectivity index (χ4n) is 4.13. The van der Waals surface area contributed by atoms with Gasteiger partial charge in [-0.1, -0.05) is 17.3 Å². The summed E-state index contributed by atoms with van der Waals surface area (Å²) in [5, 5.41) is 8.67. The summed E-state index contributed by atoms with van der Waals surface area (Å²) in [6, 6.07) is 7.42. The molecular formula is C19H19N5O3. The maximum absolute atomic E-state index is 13.1. The fourth-order valence-corrected chi connectivity index (χ4v) is 4.13. The molecule has 8 heteroatoms. The number of ether oxygens (including phenoxy) is 1. The number of para-hydroxylation sites is 1. The average molecular weight is 365 g/mol. The van der Waals surface area contributed by atoms with Crippen molar-refractivity contribution in [1.29, 1.82) is 0 Å². The maximum Gasteiger partial charge on any atom is 0.259 e. The van der Waals surface area contributed by atoms with Crippen LogP contribution in [0.25, 0.3) is 10.9 Å². The van der Waals surface area contributed by atoms with E-state index in [0.29, 0.717) is 25.1 Å². The van der Waals surface area contributed by atoms with Crippen molar-refractivity contribution in [2.24, 2.45) is 7.05 Å². The van der Waals surface area contributed by atoms with Crippen molar-refractivity contribution in [3.8, 4) is 0 Å². The minimum atomic E-state index is -0.243. The lowest BCUT2D eigenvalue weighted by atomic mass is 9.99. The highest BCUT2D eigenvalue weighted by molar-refractivity contribution is 5.97. The molecule has 0 N–H and O–H groups in total. The number of likely N-dealkylation sites (tertiary alicyclic amines) is 1. The van der Waals surface area contributed by atoms with E-state index in [9.17, 15) is 9.59 Å². The number of hydrogen-bond acceptors (Lipinski definition) is 5. The number of pyridine rings is 1. The lowest BCUT2D eigenvalue weighted by Crippen LogP contribution is -2.51. The van der Waals surface area contributed by atoms with Crippen LogP contribution in [0.3, 0.4) is 0 Å². The van der Waals surface area contributed by atoms with Crippen molar-refractivity contribution < 1.29 is 9.53 Å². The van der Waals surface area contributed by atoms with Crippen LogP contribution in [0.4, 0.5) is 0 Å². The molecule has 0 saturated carbocycles. The van der Waals surface area contributed by atoms with E-state index in [1.54, 1.807) is 23.4 Å². The lowest BCUT2D eigenvalue weighted by Gasteiger charge is -2.40. The summed E-state index contributed by atoms with van der Waals surface area (Å²) in [6.45, 7) is 1.44. The molecule has 1 aromatic carbocycles. The number of hydrogen-bond donors (Lipinski definition) is 0. The predicted molar refractivity (Wildman–Crippen MR) is 97.3 cm³/mol. The molecule has 1 saturated heterocycles. The molecule has 4 heterocycles. The number of aryl methyl sites for hydroxylation is 1. The lowest BCUT2D eigenvalue weighted by molar-refractivity contribution is -0.0628. The Balaban J connectivity index is 1.45. The zero-order valence-electron chi connectivity index (χ0n) is 14.9. The highest BCUT2D eigenvalue weighted by Gasteiger charge is 2.38. The van der Waals surface area contributed by atoms with Crippen LogP contribution in [0.15, 0.2) is 41.5 Å². The van der Waals surface area contributed by atoms with E-state index >= 15 is 0 Å². The highest BCUT2D eigenvalue weighted by Crippen LogP contribution is 2.30. The number of aromatic nitrogens is 4. The Morgan fingerprint density at radius 1 is 1.30 bits per heavy atom. The molecule has 0 radical (unpaired) electrons. The predicted octanol–water partition coefficient (Wildman–Crippen LogP) is 1.12. The molecule has 2 aliphatic heterocycles. The number of carbonyl (C=O) groups excluding carboxylic acids is 1. The molecule has 2 atom stereocenters. The molecule has 138 valence electrons. The molecule has 2 aromatic heterocycles. The molecule has 0 spiro atoms. The summed E-state index contributed by atoms with van der Waals surface area (Å²) in [5.41, 5.74) is 1.75. The van der Waals surface area contributed by atoms with Gasteiger partial charge in [0.15, 0.2) is 0 Å². The number of fused-ring (bicyclic) bond motifs is 4. The monoisotopic (exact) mass is 365 g/mol. The molecule has 8 nitrogen and oxygen atoms in total. The van der Waals surface area contributed by atoms with E-state index in [2.05, 4.69) is 10.3 Å². The molecule has 1 fully saturated rings. The van der Waals surface area contributed by atoms with E-state index in [1.807, 2.05) is 34.5 Å². The Labute approximate surface area is 154 Å². The smallest absolute Gasteiger partial charge is 0.259 e. The molecule has 5 rings (SSSR count). The number of benzene rings is 1. The maximum atomic E-state index is 13.1. The summed E-state index contributed by atoms with van der Waals surface area (Å²) in [7, 11) is 1.85. The van der Waals surface area contributed by atoms with Gasteiger partial charge >= 0.3 is 0 Å². The summed E-state index contributed by atoms with van der Waals surface area (Å²) < 4.78 is 9.67. The molecule has 0 aliphatic carbocycles. The van der Waals surface area contributed by atoms with Gasteiger partial charge in [-0.3, -0.25) is 9.59 Å². The first-order chi connectivity index (χ1) is 13.1. The van der Waals surface area contributed by atoms with Crippen LogP contribution in [0.1, 0.15) is 28.5 Å². The van der Waals surface area contributed by atoms with E-state index in [0.717, 1.165) is 17.6 Å². The zero-order valence-corrected chi connectivity index (χ0v) is 14.9. The minimum Gasteiger partial charge on any atom is -0.368 e. The third kappa shape index (κ3) is 2.48. The third-order valence-corrected chi connectivity index (χ3v) is 5.55. The first kappa shape index (κ1) is 16.2. The second-order valence-electron chi connectivity index (χ2n) is 7.13. The van der Waals surface area contributed by atoms with Gasteiger partial charge in [-0.15, -0.1) is 5.10 Å². The molecule has 2 aliphatic rings. The highest BCUT2D eigenvalue weighted by atomic mass is 16.5. The van der Waals surface area contributed by atoms with Gasteiger partial charge in [0.25, 0.3) is 5.91 Å². The summed E-state index contributed by atoms with van der Waals surface area (Å²) >= 11 is 0. The SMILES string of the molecule is Cn1cc(C(=O)N2CC[C@H]3[C@H](C2)OCc2cnnn23)c(=O)c2ccccc21. The molecule has 27 heavy (non-hydrogen) atoms. The van der Waals surface area contributed by atoms with Crippen molar-refractivity contribution >= 4 is 16.8 Å². The van der Waals surface area contributed by atoms with Gasteiger partial charge in [0.2, 0.25) is 5.43 Å². The average Bonchev–Trinajstić information content (AvgIpc) is 3.19. The van der Waals surface area contributed by atoms with E-state index in [-0.39, 0.29) is 29.0 Å². The summed E-state index contributed by atoms with van der Waals surface area (Å²) in [5.74, 6) is -0.243. The van der Waals surface area contributed by atoms with E-state index in [1.165, 1.54) is 0 Å². The Morgan fingerprint density at radius 2 is 2.15 bits per heavy atom. The van der Waals surface area contributed by atoms with Crippen molar-refractivity contribution in [2.75, 3.05) is 13.1 Å². The van der Waals surface area contributed by atoms with Crippen LogP contribution in [-0.4, -0.2) is 49.6 Å². The van der Waals surface area contributed by atoms with Crippen molar-refractivity contribution in [3.05, 3.63) is 58.1 Å².